The van der Waals surface area contributed by atoms with E-state index in [1.807, 2.05) is 25.9 Å². The van der Waals surface area contributed by atoms with Crippen LogP contribution in [0.4, 0.5) is 5.95 Å². The molecule has 0 spiro atoms. The molecule has 0 saturated heterocycles. The molecule has 0 radical (unpaired) electrons. The number of aliphatic imine (C=N–C) groups is 1. The normalized spacial score (nSPS) is 11.4. The molecule has 1 rings (SSSR count). The first-order chi connectivity index (χ1) is 5.70. The zero-order valence-corrected chi connectivity index (χ0v) is 7.52. The number of rotatable bonds is 1. The highest BCUT2D eigenvalue weighted by Gasteiger charge is 1.94. The molecule has 0 aliphatic carbocycles. The molecule has 64 valence electrons. The van der Waals surface area contributed by atoms with Gasteiger partial charge in [0.15, 0.2) is 0 Å². The maximum Gasteiger partial charge on any atom is 0.250 e. The van der Waals surface area contributed by atoms with Crippen LogP contribution in [0.3, 0.4) is 0 Å². The monoisotopic (exact) mass is 164 g/mol. The molecular formula is C8H12N4. The predicted octanol–water partition coefficient (Wildman–Crippen LogP) is 1.09. The molecule has 0 aliphatic heterocycles. The topological polar surface area (TPSA) is 41.4 Å². The average Bonchev–Trinajstić information content (AvgIpc) is 2.06. The lowest BCUT2D eigenvalue weighted by molar-refractivity contribution is 0.618. The minimum atomic E-state index is 0.503. The third kappa shape index (κ3) is 2.30. The lowest BCUT2D eigenvalue weighted by atomic mass is 10.6. The molecule has 0 saturated carbocycles. The molecular weight excluding hydrogens is 152 g/mol. The quantitative estimate of drug-likeness (QED) is 0.461. The lowest BCUT2D eigenvalue weighted by Crippen LogP contribution is -2.17. The summed E-state index contributed by atoms with van der Waals surface area (Å²) >= 11 is 0. The smallest absolute Gasteiger partial charge is 0.250 e. The summed E-state index contributed by atoms with van der Waals surface area (Å²) in [6.45, 7) is 1.91. The number of amidine groups is 1. The van der Waals surface area contributed by atoms with Crippen LogP contribution in [0.25, 0.3) is 0 Å². The van der Waals surface area contributed by atoms with Crippen LogP contribution < -0.4 is 0 Å². The average molecular weight is 164 g/mol. The van der Waals surface area contributed by atoms with Crippen LogP contribution in [0.2, 0.25) is 0 Å². The van der Waals surface area contributed by atoms with E-state index < -0.39 is 0 Å². The molecule has 0 aromatic carbocycles. The van der Waals surface area contributed by atoms with Crippen LogP contribution in [0.5, 0.6) is 0 Å². The number of nitrogens with zero attached hydrogens (tertiary/aromatic N) is 4. The van der Waals surface area contributed by atoms with Gasteiger partial charge in [0.05, 0.1) is 0 Å². The summed E-state index contributed by atoms with van der Waals surface area (Å²) in [6.07, 6.45) is 3.35. The van der Waals surface area contributed by atoms with E-state index in [9.17, 15) is 0 Å². The highest BCUT2D eigenvalue weighted by molar-refractivity contribution is 5.81. The van der Waals surface area contributed by atoms with E-state index in [2.05, 4.69) is 15.0 Å². The second-order valence-corrected chi connectivity index (χ2v) is 2.60. The molecule has 12 heavy (non-hydrogen) atoms. The van der Waals surface area contributed by atoms with Crippen LogP contribution in [0, 0.1) is 0 Å². The molecule has 0 unspecified atom stereocenters. The maximum atomic E-state index is 4.18. The zero-order valence-electron chi connectivity index (χ0n) is 7.52. The summed E-state index contributed by atoms with van der Waals surface area (Å²) in [5.41, 5.74) is 0. The number of hydrogen-bond donors (Lipinski definition) is 0. The molecule has 1 heterocycles. The largest absolute Gasteiger partial charge is 0.366 e. The van der Waals surface area contributed by atoms with Gasteiger partial charge in [-0.3, -0.25) is 0 Å². The fourth-order valence-corrected chi connectivity index (χ4v) is 0.594. The Morgan fingerprint density at radius 3 is 2.42 bits per heavy atom. The zero-order chi connectivity index (χ0) is 8.97. The van der Waals surface area contributed by atoms with Gasteiger partial charge in [-0.1, -0.05) is 0 Å². The van der Waals surface area contributed by atoms with Crippen LogP contribution >= 0.6 is 0 Å². The number of hydrogen-bond acceptors (Lipinski definition) is 3. The Kier molecular flexibility index (Phi) is 2.74. The van der Waals surface area contributed by atoms with Gasteiger partial charge < -0.3 is 4.90 Å². The minimum absolute atomic E-state index is 0.503. The van der Waals surface area contributed by atoms with Crippen molar-refractivity contribution in [2.75, 3.05) is 14.1 Å². The maximum absolute atomic E-state index is 4.18. The molecule has 4 heteroatoms. The Morgan fingerprint density at radius 2 is 1.92 bits per heavy atom. The predicted molar refractivity (Wildman–Crippen MR) is 48.5 cm³/mol. The lowest BCUT2D eigenvalue weighted by Gasteiger charge is -2.09. The van der Waals surface area contributed by atoms with E-state index in [1.165, 1.54) is 0 Å². The Labute approximate surface area is 72.0 Å². The van der Waals surface area contributed by atoms with Gasteiger partial charge in [0.25, 0.3) is 5.95 Å². The van der Waals surface area contributed by atoms with Gasteiger partial charge in [-0.2, -0.15) is 4.99 Å². The van der Waals surface area contributed by atoms with E-state index >= 15 is 0 Å². The Morgan fingerprint density at radius 1 is 1.33 bits per heavy atom. The van der Waals surface area contributed by atoms with E-state index in [4.69, 9.17) is 0 Å². The third-order valence-electron chi connectivity index (χ3n) is 1.46. The van der Waals surface area contributed by atoms with E-state index in [0.717, 1.165) is 5.84 Å². The van der Waals surface area contributed by atoms with Crippen LogP contribution in [-0.4, -0.2) is 34.8 Å². The summed E-state index contributed by atoms with van der Waals surface area (Å²) in [6, 6.07) is 1.77. The molecule has 0 N–H and O–H groups in total. The Bertz CT molecular complexity index is 266. The first-order valence-corrected chi connectivity index (χ1v) is 3.70. The van der Waals surface area contributed by atoms with Crippen LogP contribution in [-0.2, 0) is 0 Å². The number of aromatic nitrogens is 2. The first-order valence-electron chi connectivity index (χ1n) is 3.70. The Hall–Kier alpha value is -1.45. The molecule has 1 aromatic rings. The summed E-state index contributed by atoms with van der Waals surface area (Å²) < 4.78 is 0. The standard InChI is InChI=1S/C8H12N4/c1-7(12(2)3)11-8-9-5-4-6-10-8/h4-6H,1-3H3. The molecule has 1 aromatic heterocycles. The fourth-order valence-electron chi connectivity index (χ4n) is 0.594. The Balaban J connectivity index is 2.81. The van der Waals surface area contributed by atoms with Crippen LogP contribution in [0.15, 0.2) is 23.5 Å². The molecule has 0 fully saturated rings. The van der Waals surface area contributed by atoms with Crippen molar-refractivity contribution in [3.63, 3.8) is 0 Å². The molecule has 0 atom stereocenters. The van der Waals surface area contributed by atoms with E-state index in [-0.39, 0.29) is 0 Å². The van der Waals surface area contributed by atoms with E-state index in [0.29, 0.717) is 5.95 Å². The highest BCUT2D eigenvalue weighted by atomic mass is 15.2. The van der Waals surface area contributed by atoms with Crippen molar-refractivity contribution in [2.24, 2.45) is 4.99 Å². The second-order valence-electron chi connectivity index (χ2n) is 2.60. The fraction of sp³-hybridized carbons (Fsp3) is 0.375. The molecule has 4 nitrogen and oxygen atoms in total. The van der Waals surface area contributed by atoms with Crippen molar-refractivity contribution in [1.82, 2.24) is 14.9 Å². The van der Waals surface area contributed by atoms with Crippen LogP contribution in [0.1, 0.15) is 6.92 Å². The summed E-state index contributed by atoms with van der Waals surface area (Å²) in [7, 11) is 3.86. The van der Waals surface area contributed by atoms with E-state index in [1.54, 1.807) is 18.5 Å². The van der Waals surface area contributed by atoms with Crippen molar-refractivity contribution in [3.8, 4) is 0 Å². The molecule has 0 amide bonds. The van der Waals surface area contributed by atoms with Gasteiger partial charge in [0.1, 0.15) is 5.84 Å². The molecule has 0 aliphatic rings. The molecule has 0 bridgehead atoms. The third-order valence-corrected chi connectivity index (χ3v) is 1.46. The summed E-state index contributed by atoms with van der Waals surface area (Å²) in [4.78, 5) is 14.0. The van der Waals surface area contributed by atoms with Crippen molar-refractivity contribution >= 4 is 11.8 Å². The summed E-state index contributed by atoms with van der Waals surface area (Å²) in [5.74, 6) is 1.39. The van der Waals surface area contributed by atoms with Gasteiger partial charge in [-0.05, 0) is 13.0 Å². The SMILES string of the molecule is CC(=Nc1ncccn1)N(C)C. The van der Waals surface area contributed by atoms with Gasteiger partial charge >= 0.3 is 0 Å². The first kappa shape index (κ1) is 8.64. The van der Waals surface area contributed by atoms with Gasteiger partial charge in [0, 0.05) is 26.5 Å². The van der Waals surface area contributed by atoms with Crippen molar-refractivity contribution < 1.29 is 0 Å². The van der Waals surface area contributed by atoms with Gasteiger partial charge in [-0.25, -0.2) is 9.97 Å². The van der Waals surface area contributed by atoms with Crippen molar-refractivity contribution in [1.29, 1.82) is 0 Å². The minimum Gasteiger partial charge on any atom is -0.366 e. The summed E-state index contributed by atoms with van der Waals surface area (Å²) in [5, 5.41) is 0. The highest BCUT2D eigenvalue weighted by Crippen LogP contribution is 2.00. The van der Waals surface area contributed by atoms with Gasteiger partial charge in [-0.15, -0.1) is 0 Å². The second kappa shape index (κ2) is 3.80. The van der Waals surface area contributed by atoms with Crippen molar-refractivity contribution in [3.05, 3.63) is 18.5 Å². The van der Waals surface area contributed by atoms with Crippen molar-refractivity contribution in [2.45, 2.75) is 6.92 Å². The van der Waals surface area contributed by atoms with Gasteiger partial charge in [0.2, 0.25) is 0 Å².